The smallest absolute Gasteiger partial charge is 0.133 e. The number of aliphatic hydroxyl groups excluding tert-OH is 1. The molecule has 1 unspecified atom stereocenters. The van der Waals surface area contributed by atoms with Gasteiger partial charge in [-0.05, 0) is 53.4 Å². The highest BCUT2D eigenvalue weighted by atomic mass is 79.9. The first-order valence-corrected chi connectivity index (χ1v) is 7.75. The van der Waals surface area contributed by atoms with Crippen LogP contribution in [0.1, 0.15) is 31.2 Å². The van der Waals surface area contributed by atoms with Gasteiger partial charge in [-0.1, -0.05) is 18.9 Å². The van der Waals surface area contributed by atoms with E-state index in [1.165, 1.54) is 31.2 Å². The van der Waals surface area contributed by atoms with E-state index in [2.05, 4.69) is 21.2 Å². The second kappa shape index (κ2) is 7.27. The molecule has 2 N–H and O–H groups in total. The van der Waals surface area contributed by atoms with E-state index in [1.807, 2.05) is 25.1 Å². The molecule has 1 aliphatic carbocycles. The lowest BCUT2D eigenvalue weighted by atomic mass is 10.2. The third-order valence-electron chi connectivity index (χ3n) is 3.52. The molecule has 0 amide bonds. The summed E-state index contributed by atoms with van der Waals surface area (Å²) in [6.07, 6.45) is 4.61. The van der Waals surface area contributed by atoms with Gasteiger partial charge in [0, 0.05) is 12.6 Å². The molecule has 0 heterocycles. The Hall–Kier alpha value is -0.580. The number of ether oxygens (including phenoxy) is 1. The van der Waals surface area contributed by atoms with E-state index in [9.17, 15) is 5.11 Å². The lowest BCUT2D eigenvalue weighted by Gasteiger charge is -2.17. The lowest BCUT2D eigenvalue weighted by Crippen LogP contribution is -2.36. The molecular formula is C15H22BrNO2. The Bertz CT molecular complexity index is 405. The van der Waals surface area contributed by atoms with Crippen LogP contribution in [0.2, 0.25) is 0 Å². The first-order chi connectivity index (χ1) is 9.15. The average molecular weight is 328 g/mol. The second-order valence-electron chi connectivity index (χ2n) is 5.29. The Kier molecular flexibility index (Phi) is 5.67. The predicted molar refractivity (Wildman–Crippen MR) is 80.6 cm³/mol. The highest BCUT2D eigenvalue weighted by molar-refractivity contribution is 9.10. The third kappa shape index (κ3) is 4.79. The van der Waals surface area contributed by atoms with Crippen LogP contribution in [-0.4, -0.2) is 30.4 Å². The molecular weight excluding hydrogens is 306 g/mol. The summed E-state index contributed by atoms with van der Waals surface area (Å²) < 4.78 is 6.57. The number of hydrogen-bond donors (Lipinski definition) is 2. The molecule has 2 rings (SSSR count). The summed E-state index contributed by atoms with van der Waals surface area (Å²) in [6.45, 7) is 2.96. The molecule has 1 saturated carbocycles. The number of halogens is 1. The van der Waals surface area contributed by atoms with E-state index < -0.39 is 6.10 Å². The van der Waals surface area contributed by atoms with Crippen molar-refractivity contribution < 1.29 is 9.84 Å². The Morgan fingerprint density at radius 3 is 2.84 bits per heavy atom. The number of aliphatic hydroxyl groups is 1. The second-order valence-corrected chi connectivity index (χ2v) is 6.14. The molecule has 3 nitrogen and oxygen atoms in total. The fourth-order valence-electron chi connectivity index (χ4n) is 2.40. The van der Waals surface area contributed by atoms with Crippen LogP contribution in [0.25, 0.3) is 0 Å². The highest BCUT2D eigenvalue weighted by Crippen LogP contribution is 2.25. The third-order valence-corrected chi connectivity index (χ3v) is 4.14. The molecule has 0 saturated heterocycles. The Balaban J connectivity index is 1.71. The molecule has 0 aromatic heterocycles. The number of nitrogens with one attached hydrogen (secondary N) is 1. The van der Waals surface area contributed by atoms with Crippen molar-refractivity contribution in [2.75, 3.05) is 13.2 Å². The first kappa shape index (κ1) is 14.8. The van der Waals surface area contributed by atoms with E-state index in [-0.39, 0.29) is 0 Å². The first-order valence-electron chi connectivity index (χ1n) is 6.95. The topological polar surface area (TPSA) is 41.5 Å². The van der Waals surface area contributed by atoms with Crippen LogP contribution in [0.3, 0.4) is 0 Å². The van der Waals surface area contributed by atoms with Crippen LogP contribution in [-0.2, 0) is 0 Å². The summed E-state index contributed by atoms with van der Waals surface area (Å²) in [5, 5.41) is 13.3. The zero-order chi connectivity index (χ0) is 13.7. The van der Waals surface area contributed by atoms with Gasteiger partial charge in [0.1, 0.15) is 18.5 Å². The van der Waals surface area contributed by atoms with Gasteiger partial charge in [-0.3, -0.25) is 0 Å². The highest BCUT2D eigenvalue weighted by Gasteiger charge is 2.16. The SMILES string of the molecule is Cc1ccc(OCC(O)CNC2CCCC2)c(Br)c1. The van der Waals surface area contributed by atoms with Gasteiger partial charge in [-0.25, -0.2) is 0 Å². The Morgan fingerprint density at radius 1 is 1.42 bits per heavy atom. The average Bonchev–Trinajstić information content (AvgIpc) is 2.88. The number of rotatable bonds is 6. The van der Waals surface area contributed by atoms with Crippen molar-refractivity contribution in [2.45, 2.75) is 44.8 Å². The Morgan fingerprint density at radius 2 is 2.16 bits per heavy atom. The van der Waals surface area contributed by atoms with E-state index in [0.29, 0.717) is 19.2 Å². The molecule has 4 heteroatoms. The monoisotopic (exact) mass is 327 g/mol. The molecule has 0 bridgehead atoms. The molecule has 19 heavy (non-hydrogen) atoms. The number of hydrogen-bond acceptors (Lipinski definition) is 3. The van der Waals surface area contributed by atoms with E-state index in [1.54, 1.807) is 0 Å². The van der Waals surface area contributed by atoms with Gasteiger partial charge in [-0.2, -0.15) is 0 Å². The fraction of sp³-hybridized carbons (Fsp3) is 0.600. The van der Waals surface area contributed by atoms with E-state index >= 15 is 0 Å². The van der Waals surface area contributed by atoms with Crippen LogP contribution >= 0.6 is 15.9 Å². The zero-order valence-corrected chi connectivity index (χ0v) is 12.9. The van der Waals surface area contributed by atoms with Crippen LogP contribution in [0.4, 0.5) is 0 Å². The van der Waals surface area contributed by atoms with E-state index in [0.717, 1.165) is 10.2 Å². The van der Waals surface area contributed by atoms with Crippen molar-refractivity contribution in [1.82, 2.24) is 5.32 Å². The van der Waals surface area contributed by atoms with Crippen molar-refractivity contribution in [3.8, 4) is 5.75 Å². The maximum absolute atomic E-state index is 9.91. The zero-order valence-electron chi connectivity index (χ0n) is 11.4. The molecule has 1 fully saturated rings. The van der Waals surface area contributed by atoms with E-state index in [4.69, 9.17) is 4.74 Å². The molecule has 1 aromatic carbocycles. The summed E-state index contributed by atoms with van der Waals surface area (Å²) >= 11 is 3.47. The van der Waals surface area contributed by atoms with Crippen molar-refractivity contribution in [3.63, 3.8) is 0 Å². The molecule has 0 radical (unpaired) electrons. The molecule has 1 aliphatic rings. The quantitative estimate of drug-likeness (QED) is 0.843. The molecule has 106 valence electrons. The van der Waals surface area contributed by atoms with Gasteiger partial charge >= 0.3 is 0 Å². The minimum absolute atomic E-state index is 0.321. The van der Waals surface area contributed by atoms with Crippen LogP contribution < -0.4 is 10.1 Å². The number of aryl methyl sites for hydroxylation is 1. The van der Waals surface area contributed by atoms with Crippen LogP contribution in [0.15, 0.2) is 22.7 Å². The Labute approximate surface area is 123 Å². The summed E-state index contributed by atoms with van der Waals surface area (Å²) in [7, 11) is 0. The lowest BCUT2D eigenvalue weighted by molar-refractivity contribution is 0.103. The van der Waals surface area contributed by atoms with Crippen LogP contribution in [0.5, 0.6) is 5.75 Å². The van der Waals surface area contributed by atoms with Gasteiger partial charge in [0.25, 0.3) is 0 Å². The predicted octanol–water partition coefficient (Wildman–Crippen LogP) is 3.03. The minimum Gasteiger partial charge on any atom is -0.490 e. The maximum Gasteiger partial charge on any atom is 0.133 e. The van der Waals surface area contributed by atoms with Crippen molar-refractivity contribution >= 4 is 15.9 Å². The largest absolute Gasteiger partial charge is 0.490 e. The standard InChI is InChI=1S/C15H22BrNO2/c1-11-6-7-15(14(16)8-11)19-10-13(18)9-17-12-4-2-3-5-12/h6-8,12-13,17-18H,2-5,9-10H2,1H3. The molecule has 1 atom stereocenters. The maximum atomic E-state index is 9.91. The van der Waals surface area contributed by atoms with Gasteiger partial charge in [-0.15, -0.1) is 0 Å². The van der Waals surface area contributed by atoms with Gasteiger partial charge in [0.15, 0.2) is 0 Å². The van der Waals surface area contributed by atoms with Crippen molar-refractivity contribution in [3.05, 3.63) is 28.2 Å². The fourth-order valence-corrected chi connectivity index (χ4v) is 3.01. The summed E-state index contributed by atoms with van der Waals surface area (Å²) in [5.74, 6) is 0.783. The van der Waals surface area contributed by atoms with Gasteiger partial charge < -0.3 is 15.2 Å². The van der Waals surface area contributed by atoms with Gasteiger partial charge in [0.05, 0.1) is 4.47 Å². The van der Waals surface area contributed by atoms with Crippen molar-refractivity contribution in [2.24, 2.45) is 0 Å². The van der Waals surface area contributed by atoms with Crippen LogP contribution in [0, 0.1) is 6.92 Å². The molecule has 0 spiro atoms. The van der Waals surface area contributed by atoms with Crippen molar-refractivity contribution in [1.29, 1.82) is 0 Å². The van der Waals surface area contributed by atoms with Gasteiger partial charge in [0.2, 0.25) is 0 Å². The minimum atomic E-state index is -0.464. The molecule has 1 aromatic rings. The molecule has 0 aliphatic heterocycles. The number of benzene rings is 1. The summed E-state index contributed by atoms with van der Waals surface area (Å²) in [6, 6.07) is 6.53. The summed E-state index contributed by atoms with van der Waals surface area (Å²) in [5.41, 5.74) is 1.18. The normalized spacial score (nSPS) is 17.6. The summed E-state index contributed by atoms with van der Waals surface area (Å²) in [4.78, 5) is 0.